The molecule has 0 bridgehead atoms. The molecule has 1 saturated heterocycles. The molecule has 2 rings (SSSR count). The average molecular weight is 182 g/mol. The van der Waals surface area contributed by atoms with Crippen molar-refractivity contribution in [1.29, 1.82) is 0 Å². The van der Waals surface area contributed by atoms with Crippen molar-refractivity contribution in [2.75, 3.05) is 6.61 Å². The molecule has 1 aliphatic heterocycles. The van der Waals surface area contributed by atoms with Crippen LogP contribution in [0.5, 0.6) is 0 Å². The van der Waals surface area contributed by atoms with Crippen LogP contribution in [-0.2, 0) is 4.74 Å². The second kappa shape index (κ2) is 4.25. The van der Waals surface area contributed by atoms with E-state index in [2.05, 4.69) is 6.08 Å². The lowest BCUT2D eigenvalue weighted by atomic mass is 10.0. The van der Waals surface area contributed by atoms with Crippen LogP contribution in [0.15, 0.2) is 11.6 Å². The topological polar surface area (TPSA) is 29.5 Å². The van der Waals surface area contributed by atoms with Gasteiger partial charge >= 0.3 is 0 Å². The Balaban J connectivity index is 1.79. The maximum atomic E-state index is 9.86. The SMILES string of the molecule is OC(CC1CCCO1)C1=CCCC1. The number of hydrogen-bond acceptors (Lipinski definition) is 2. The van der Waals surface area contributed by atoms with E-state index in [1.807, 2.05) is 0 Å². The van der Waals surface area contributed by atoms with Gasteiger partial charge in [0.05, 0.1) is 12.2 Å². The first-order valence-electron chi connectivity index (χ1n) is 5.35. The van der Waals surface area contributed by atoms with Gasteiger partial charge in [0, 0.05) is 13.0 Å². The van der Waals surface area contributed by atoms with Crippen LogP contribution in [0.2, 0.25) is 0 Å². The minimum atomic E-state index is -0.231. The minimum Gasteiger partial charge on any atom is -0.389 e. The van der Waals surface area contributed by atoms with Crippen LogP contribution in [0.3, 0.4) is 0 Å². The molecule has 1 aliphatic carbocycles. The number of aliphatic hydroxyl groups excluding tert-OH is 1. The molecule has 0 saturated carbocycles. The molecular formula is C11H18O2. The average Bonchev–Trinajstić information content (AvgIpc) is 2.74. The number of aliphatic hydroxyl groups is 1. The van der Waals surface area contributed by atoms with Gasteiger partial charge in [0.15, 0.2) is 0 Å². The first-order valence-corrected chi connectivity index (χ1v) is 5.35. The first kappa shape index (κ1) is 9.22. The quantitative estimate of drug-likeness (QED) is 0.677. The van der Waals surface area contributed by atoms with Crippen molar-refractivity contribution >= 4 is 0 Å². The summed E-state index contributed by atoms with van der Waals surface area (Å²) in [6.07, 6.45) is 8.85. The highest BCUT2D eigenvalue weighted by molar-refractivity contribution is 5.12. The zero-order valence-electron chi connectivity index (χ0n) is 8.04. The zero-order chi connectivity index (χ0) is 9.10. The fraction of sp³-hybridized carbons (Fsp3) is 0.818. The van der Waals surface area contributed by atoms with Crippen LogP contribution >= 0.6 is 0 Å². The fourth-order valence-electron chi connectivity index (χ4n) is 2.23. The van der Waals surface area contributed by atoms with Crippen LogP contribution in [0, 0.1) is 0 Å². The van der Waals surface area contributed by atoms with Gasteiger partial charge in [-0.15, -0.1) is 0 Å². The Kier molecular flexibility index (Phi) is 3.01. The fourth-order valence-corrected chi connectivity index (χ4v) is 2.23. The largest absolute Gasteiger partial charge is 0.389 e. The molecule has 1 fully saturated rings. The highest BCUT2D eigenvalue weighted by atomic mass is 16.5. The predicted molar refractivity (Wildman–Crippen MR) is 51.5 cm³/mol. The molecule has 2 nitrogen and oxygen atoms in total. The maximum absolute atomic E-state index is 9.86. The van der Waals surface area contributed by atoms with E-state index in [1.54, 1.807) is 0 Å². The van der Waals surface area contributed by atoms with Crippen LogP contribution in [-0.4, -0.2) is 23.9 Å². The van der Waals surface area contributed by atoms with Crippen molar-refractivity contribution in [3.63, 3.8) is 0 Å². The third-order valence-corrected chi connectivity index (χ3v) is 3.01. The van der Waals surface area contributed by atoms with Crippen molar-refractivity contribution in [2.45, 2.75) is 50.7 Å². The van der Waals surface area contributed by atoms with Crippen LogP contribution in [0.1, 0.15) is 38.5 Å². The monoisotopic (exact) mass is 182 g/mol. The highest BCUT2D eigenvalue weighted by Crippen LogP contribution is 2.26. The van der Waals surface area contributed by atoms with Gasteiger partial charge in [-0.2, -0.15) is 0 Å². The number of hydrogen-bond donors (Lipinski definition) is 1. The van der Waals surface area contributed by atoms with Gasteiger partial charge in [-0.05, 0) is 37.7 Å². The summed E-state index contributed by atoms with van der Waals surface area (Å²) in [4.78, 5) is 0. The van der Waals surface area contributed by atoms with Gasteiger partial charge in [-0.3, -0.25) is 0 Å². The van der Waals surface area contributed by atoms with Gasteiger partial charge in [0.25, 0.3) is 0 Å². The van der Waals surface area contributed by atoms with Crippen molar-refractivity contribution in [3.8, 4) is 0 Å². The van der Waals surface area contributed by atoms with E-state index < -0.39 is 0 Å². The van der Waals surface area contributed by atoms with Crippen molar-refractivity contribution < 1.29 is 9.84 Å². The third kappa shape index (κ3) is 2.32. The van der Waals surface area contributed by atoms with Gasteiger partial charge in [0.1, 0.15) is 0 Å². The van der Waals surface area contributed by atoms with Crippen LogP contribution in [0.4, 0.5) is 0 Å². The van der Waals surface area contributed by atoms with Gasteiger partial charge in [-0.25, -0.2) is 0 Å². The second-order valence-corrected chi connectivity index (χ2v) is 4.06. The lowest BCUT2D eigenvalue weighted by molar-refractivity contribution is 0.0652. The van der Waals surface area contributed by atoms with Gasteiger partial charge < -0.3 is 9.84 Å². The molecule has 0 spiro atoms. The summed E-state index contributed by atoms with van der Waals surface area (Å²) in [7, 11) is 0. The summed E-state index contributed by atoms with van der Waals surface area (Å²) in [5, 5.41) is 9.86. The molecule has 13 heavy (non-hydrogen) atoms. The summed E-state index contributed by atoms with van der Waals surface area (Å²) in [6, 6.07) is 0. The van der Waals surface area contributed by atoms with E-state index in [-0.39, 0.29) is 6.10 Å². The number of allylic oxidation sites excluding steroid dienone is 1. The molecule has 0 aromatic rings. The molecule has 2 aliphatic rings. The van der Waals surface area contributed by atoms with E-state index in [0.717, 1.165) is 38.7 Å². The van der Waals surface area contributed by atoms with E-state index in [4.69, 9.17) is 4.74 Å². The Hall–Kier alpha value is -0.340. The van der Waals surface area contributed by atoms with E-state index in [1.165, 1.54) is 12.0 Å². The van der Waals surface area contributed by atoms with Crippen LogP contribution < -0.4 is 0 Å². The van der Waals surface area contributed by atoms with Crippen molar-refractivity contribution in [1.82, 2.24) is 0 Å². The molecular weight excluding hydrogens is 164 g/mol. The Bertz CT molecular complexity index is 192. The molecule has 2 atom stereocenters. The van der Waals surface area contributed by atoms with Crippen molar-refractivity contribution in [3.05, 3.63) is 11.6 Å². The molecule has 0 aromatic heterocycles. The standard InChI is InChI=1S/C11H18O2/c12-11(9-4-1-2-5-9)8-10-6-3-7-13-10/h4,10-12H,1-3,5-8H2. The van der Waals surface area contributed by atoms with E-state index >= 15 is 0 Å². The summed E-state index contributed by atoms with van der Waals surface area (Å²) >= 11 is 0. The van der Waals surface area contributed by atoms with Crippen LogP contribution in [0.25, 0.3) is 0 Å². The molecule has 1 heterocycles. The molecule has 0 amide bonds. The molecule has 0 radical (unpaired) electrons. The van der Waals surface area contributed by atoms with Gasteiger partial charge in [0.2, 0.25) is 0 Å². The Morgan fingerprint density at radius 1 is 1.54 bits per heavy atom. The highest BCUT2D eigenvalue weighted by Gasteiger charge is 2.22. The lowest BCUT2D eigenvalue weighted by Gasteiger charge is -2.16. The smallest absolute Gasteiger partial charge is 0.0774 e. The Morgan fingerprint density at radius 3 is 3.08 bits per heavy atom. The first-order chi connectivity index (χ1) is 6.36. The summed E-state index contributed by atoms with van der Waals surface area (Å²) < 4.78 is 5.50. The molecule has 2 heteroatoms. The van der Waals surface area contributed by atoms with E-state index in [0.29, 0.717) is 6.10 Å². The summed E-state index contributed by atoms with van der Waals surface area (Å²) in [6.45, 7) is 0.885. The minimum absolute atomic E-state index is 0.231. The molecule has 1 N–H and O–H groups in total. The Morgan fingerprint density at radius 2 is 2.46 bits per heavy atom. The summed E-state index contributed by atoms with van der Waals surface area (Å²) in [5.74, 6) is 0. The maximum Gasteiger partial charge on any atom is 0.0774 e. The number of ether oxygens (including phenoxy) is 1. The summed E-state index contributed by atoms with van der Waals surface area (Å²) in [5.41, 5.74) is 1.25. The molecule has 2 unspecified atom stereocenters. The number of rotatable bonds is 3. The normalized spacial score (nSPS) is 30.5. The van der Waals surface area contributed by atoms with E-state index in [9.17, 15) is 5.11 Å². The van der Waals surface area contributed by atoms with Crippen molar-refractivity contribution in [2.24, 2.45) is 0 Å². The molecule has 0 aromatic carbocycles. The third-order valence-electron chi connectivity index (χ3n) is 3.01. The molecule has 74 valence electrons. The second-order valence-electron chi connectivity index (χ2n) is 4.06. The zero-order valence-corrected chi connectivity index (χ0v) is 8.04. The lowest BCUT2D eigenvalue weighted by Crippen LogP contribution is -2.18. The van der Waals surface area contributed by atoms with Gasteiger partial charge in [-0.1, -0.05) is 6.08 Å². The predicted octanol–water partition coefficient (Wildman–Crippen LogP) is 2.03. The Labute approximate surface area is 79.6 Å².